The van der Waals surface area contributed by atoms with E-state index in [0.717, 1.165) is 0 Å². The summed E-state index contributed by atoms with van der Waals surface area (Å²) in [7, 11) is -3.45. The Labute approximate surface area is 131 Å². The molecule has 0 aromatic carbocycles. The van der Waals surface area contributed by atoms with Crippen molar-refractivity contribution in [1.29, 1.82) is 0 Å². The van der Waals surface area contributed by atoms with Crippen molar-refractivity contribution in [3.05, 3.63) is 0 Å². The van der Waals surface area contributed by atoms with Gasteiger partial charge in [-0.05, 0) is 6.92 Å². The van der Waals surface area contributed by atoms with Gasteiger partial charge in [-0.1, -0.05) is 13.8 Å². The number of hydrogen-bond donors (Lipinski definition) is 2. The molecule has 22 heavy (non-hydrogen) atoms. The Hall–Kier alpha value is -1.23. The van der Waals surface area contributed by atoms with Crippen LogP contribution in [0.15, 0.2) is 0 Å². The van der Waals surface area contributed by atoms with Crippen LogP contribution in [0.4, 0.5) is 4.79 Å². The number of primary amides is 1. The van der Waals surface area contributed by atoms with Gasteiger partial charge in [-0.3, -0.25) is 15.0 Å². The third-order valence-electron chi connectivity index (χ3n) is 3.80. The van der Waals surface area contributed by atoms with E-state index in [0.29, 0.717) is 39.3 Å². The molecule has 0 saturated carbocycles. The first-order valence-corrected chi connectivity index (χ1v) is 8.73. The van der Waals surface area contributed by atoms with E-state index in [1.807, 2.05) is 10.2 Å². The van der Waals surface area contributed by atoms with Crippen LogP contribution in [0.3, 0.4) is 0 Å². The quantitative estimate of drug-likeness (QED) is 0.631. The lowest BCUT2D eigenvalue weighted by Crippen LogP contribution is -2.57. The molecule has 1 fully saturated rings. The Morgan fingerprint density at radius 1 is 1.18 bits per heavy atom. The fraction of sp³-hybridized carbons (Fsp3) is 0.833. The van der Waals surface area contributed by atoms with Crippen molar-refractivity contribution in [2.75, 3.05) is 39.3 Å². The first-order chi connectivity index (χ1) is 10.2. The van der Waals surface area contributed by atoms with Crippen LogP contribution >= 0.6 is 0 Å². The van der Waals surface area contributed by atoms with Gasteiger partial charge in [-0.25, -0.2) is 4.79 Å². The third-order valence-corrected chi connectivity index (χ3v) is 5.99. The number of imide groups is 1. The van der Waals surface area contributed by atoms with Crippen molar-refractivity contribution >= 4 is 22.1 Å². The van der Waals surface area contributed by atoms with Gasteiger partial charge in [0.2, 0.25) is 5.91 Å². The fourth-order valence-electron chi connectivity index (χ4n) is 2.43. The molecule has 3 N–H and O–H groups in total. The molecule has 1 aliphatic rings. The van der Waals surface area contributed by atoms with Gasteiger partial charge >= 0.3 is 6.03 Å². The number of hydrogen-bond acceptors (Lipinski definition) is 5. The van der Waals surface area contributed by atoms with Crippen LogP contribution in [-0.2, 0) is 15.0 Å². The maximum atomic E-state index is 12.4. The molecule has 1 rings (SSSR count). The van der Waals surface area contributed by atoms with Crippen LogP contribution in [0.25, 0.3) is 0 Å². The minimum atomic E-state index is -3.45. The lowest BCUT2D eigenvalue weighted by Gasteiger charge is -2.38. The fourth-order valence-corrected chi connectivity index (χ4v) is 4.03. The topological polar surface area (TPSA) is 116 Å². The molecule has 0 radical (unpaired) electrons. The number of carbonyl (C=O) groups excluding carboxylic acids is 2. The number of nitrogens with one attached hydrogen (secondary N) is 1. The molecule has 3 amide bonds. The van der Waals surface area contributed by atoms with E-state index in [1.165, 1.54) is 8.61 Å². The van der Waals surface area contributed by atoms with E-state index >= 15 is 0 Å². The second-order valence-corrected chi connectivity index (χ2v) is 6.99. The van der Waals surface area contributed by atoms with Crippen LogP contribution < -0.4 is 11.1 Å². The average molecular weight is 335 g/mol. The number of amides is 3. The summed E-state index contributed by atoms with van der Waals surface area (Å²) < 4.78 is 27.6. The van der Waals surface area contributed by atoms with Crippen molar-refractivity contribution in [2.45, 2.75) is 26.8 Å². The number of rotatable bonds is 6. The van der Waals surface area contributed by atoms with E-state index in [9.17, 15) is 18.0 Å². The number of nitrogens with two attached hydrogens (primary N) is 1. The van der Waals surface area contributed by atoms with Crippen molar-refractivity contribution in [3.8, 4) is 0 Å². The maximum absolute atomic E-state index is 12.4. The lowest BCUT2D eigenvalue weighted by atomic mass is 10.2. The summed E-state index contributed by atoms with van der Waals surface area (Å²) in [6.07, 6.45) is 0. The van der Waals surface area contributed by atoms with Gasteiger partial charge in [0.25, 0.3) is 10.2 Å². The highest BCUT2D eigenvalue weighted by molar-refractivity contribution is 7.86. The second kappa shape index (κ2) is 7.86. The standard InChI is InChI=1S/C12H25N5O4S/c1-4-16(5-2)22(20,21)17-8-6-15(7-9-17)10(3)11(18)14-12(13)19/h10H,4-9H2,1-3H3,(H3,13,14,18,19). The molecule has 0 aromatic heterocycles. The molecule has 1 atom stereocenters. The summed E-state index contributed by atoms with van der Waals surface area (Å²) in [6, 6.07) is -1.43. The molecule has 128 valence electrons. The predicted molar refractivity (Wildman–Crippen MR) is 82.2 cm³/mol. The van der Waals surface area contributed by atoms with Crippen molar-refractivity contribution in [3.63, 3.8) is 0 Å². The van der Waals surface area contributed by atoms with E-state index < -0.39 is 28.2 Å². The van der Waals surface area contributed by atoms with Crippen molar-refractivity contribution in [1.82, 2.24) is 18.8 Å². The van der Waals surface area contributed by atoms with Gasteiger partial charge in [-0.2, -0.15) is 17.0 Å². The minimum absolute atomic E-state index is 0.313. The predicted octanol–water partition coefficient (Wildman–Crippen LogP) is -1.23. The molecule has 0 bridgehead atoms. The highest BCUT2D eigenvalue weighted by Gasteiger charge is 2.33. The van der Waals surface area contributed by atoms with Gasteiger partial charge in [0.1, 0.15) is 0 Å². The van der Waals surface area contributed by atoms with Gasteiger partial charge in [0, 0.05) is 39.3 Å². The molecule has 10 heteroatoms. The Morgan fingerprint density at radius 2 is 1.68 bits per heavy atom. The van der Waals surface area contributed by atoms with Crippen molar-refractivity contribution < 1.29 is 18.0 Å². The molecular weight excluding hydrogens is 310 g/mol. The van der Waals surface area contributed by atoms with Crippen LogP contribution in [0, 0.1) is 0 Å². The number of urea groups is 1. The van der Waals surface area contributed by atoms with Gasteiger partial charge < -0.3 is 5.73 Å². The normalized spacial score (nSPS) is 19.1. The minimum Gasteiger partial charge on any atom is -0.351 e. The van der Waals surface area contributed by atoms with Crippen LogP contribution in [0.1, 0.15) is 20.8 Å². The van der Waals surface area contributed by atoms with E-state index in [1.54, 1.807) is 20.8 Å². The molecule has 1 saturated heterocycles. The average Bonchev–Trinajstić information content (AvgIpc) is 2.46. The van der Waals surface area contributed by atoms with Gasteiger partial charge in [0.15, 0.2) is 0 Å². The van der Waals surface area contributed by atoms with Crippen molar-refractivity contribution in [2.24, 2.45) is 5.73 Å². The van der Waals surface area contributed by atoms with E-state index in [4.69, 9.17) is 5.73 Å². The zero-order chi connectivity index (χ0) is 16.9. The molecule has 9 nitrogen and oxygen atoms in total. The first-order valence-electron chi connectivity index (χ1n) is 7.33. The third kappa shape index (κ3) is 4.38. The van der Waals surface area contributed by atoms with Crippen LogP contribution in [0.2, 0.25) is 0 Å². The van der Waals surface area contributed by atoms with E-state index in [-0.39, 0.29) is 0 Å². The Kier molecular flexibility index (Phi) is 6.72. The molecule has 1 aliphatic heterocycles. The zero-order valence-electron chi connectivity index (χ0n) is 13.3. The Morgan fingerprint density at radius 3 is 2.09 bits per heavy atom. The summed E-state index contributed by atoms with van der Waals surface area (Å²) in [5, 5.41) is 2.04. The molecule has 0 aromatic rings. The summed E-state index contributed by atoms with van der Waals surface area (Å²) in [6.45, 7) is 7.59. The van der Waals surface area contributed by atoms with Crippen LogP contribution in [0.5, 0.6) is 0 Å². The van der Waals surface area contributed by atoms with Gasteiger partial charge in [-0.15, -0.1) is 0 Å². The van der Waals surface area contributed by atoms with E-state index in [2.05, 4.69) is 0 Å². The Balaban J connectivity index is 2.63. The molecule has 0 aliphatic carbocycles. The molecule has 1 unspecified atom stereocenters. The summed E-state index contributed by atoms with van der Waals surface area (Å²) in [4.78, 5) is 24.3. The SMILES string of the molecule is CCN(CC)S(=O)(=O)N1CCN(C(C)C(=O)NC(N)=O)CC1. The second-order valence-electron chi connectivity index (χ2n) is 5.06. The zero-order valence-corrected chi connectivity index (χ0v) is 14.1. The highest BCUT2D eigenvalue weighted by Crippen LogP contribution is 2.13. The smallest absolute Gasteiger partial charge is 0.318 e. The molecule has 1 heterocycles. The number of nitrogens with zero attached hydrogens (tertiary/aromatic N) is 3. The number of carbonyl (C=O) groups is 2. The first kappa shape index (κ1) is 18.8. The van der Waals surface area contributed by atoms with Crippen LogP contribution in [-0.4, -0.2) is 79.2 Å². The summed E-state index contributed by atoms with van der Waals surface area (Å²) in [5.74, 6) is -0.479. The largest absolute Gasteiger partial charge is 0.351 e. The van der Waals surface area contributed by atoms with Gasteiger partial charge in [0.05, 0.1) is 6.04 Å². The highest BCUT2D eigenvalue weighted by atomic mass is 32.2. The summed E-state index contributed by atoms with van der Waals surface area (Å²) >= 11 is 0. The molecular formula is C12H25N5O4S. The maximum Gasteiger partial charge on any atom is 0.318 e. The monoisotopic (exact) mass is 335 g/mol. The Bertz CT molecular complexity index is 498. The molecule has 0 spiro atoms. The lowest BCUT2D eigenvalue weighted by molar-refractivity contribution is -0.125. The number of piperazine rings is 1. The summed E-state index contributed by atoms with van der Waals surface area (Å²) in [5.41, 5.74) is 4.92.